The summed E-state index contributed by atoms with van der Waals surface area (Å²) in [7, 11) is 1.74. The maximum atomic E-state index is 16.0. The van der Waals surface area contributed by atoms with E-state index in [2.05, 4.69) is 25.7 Å². The molecule has 1 saturated carbocycles. The van der Waals surface area contributed by atoms with Gasteiger partial charge in [0.1, 0.15) is 17.2 Å². The number of carbonyl (C=O) groups is 4. The number of carbonyl (C=O) groups excluding carboxylic acids is 4. The number of primary amides is 1. The number of hydrogen-bond donors (Lipinski definition) is 3. The number of anilines is 4. The monoisotopic (exact) mass is 883 g/mol. The SMILES string of the molecule is C1CC1.CNc1cc(N2CCc3c(-c4ncc(CN5CC6(CCN(C(=O)c7cc(C)c(Cl)c(N8CCC(=O)NC8=O)c7)CC6(F)F)C5)cc4F)cccc32)nn2c(C(N)=O)cnc12. The van der Waals surface area contributed by atoms with E-state index in [0.717, 1.165) is 16.2 Å². The van der Waals surface area contributed by atoms with Crippen LogP contribution in [0.1, 0.15) is 69.6 Å². The Morgan fingerprint density at radius 3 is 2.40 bits per heavy atom. The van der Waals surface area contributed by atoms with Gasteiger partial charge < -0.3 is 20.9 Å². The Kier molecular flexibility index (Phi) is 10.8. The van der Waals surface area contributed by atoms with Crippen molar-refractivity contribution in [2.75, 3.05) is 61.4 Å². The van der Waals surface area contributed by atoms with Gasteiger partial charge in [0.25, 0.3) is 17.7 Å². The number of piperidine rings is 1. The van der Waals surface area contributed by atoms with E-state index in [9.17, 15) is 19.2 Å². The van der Waals surface area contributed by atoms with Gasteiger partial charge in [-0.15, -0.1) is 5.10 Å². The smallest absolute Gasteiger partial charge is 0.328 e. The van der Waals surface area contributed by atoms with E-state index in [1.54, 1.807) is 20.2 Å². The number of likely N-dealkylation sites (tertiary alicyclic amines) is 2. The van der Waals surface area contributed by atoms with Gasteiger partial charge in [-0.25, -0.2) is 27.5 Å². The molecule has 3 saturated heterocycles. The maximum absolute atomic E-state index is 16.0. The lowest BCUT2D eigenvalue weighted by Crippen LogP contribution is -2.70. The van der Waals surface area contributed by atoms with Crippen LogP contribution in [0.3, 0.4) is 0 Å². The number of amides is 5. The Hall–Kier alpha value is -6.27. The van der Waals surface area contributed by atoms with Crippen molar-refractivity contribution in [1.82, 2.24) is 34.7 Å². The summed E-state index contributed by atoms with van der Waals surface area (Å²) in [4.78, 5) is 64.9. The van der Waals surface area contributed by atoms with E-state index in [1.165, 1.54) is 53.1 Å². The van der Waals surface area contributed by atoms with Gasteiger partial charge in [-0.1, -0.05) is 43.0 Å². The summed E-state index contributed by atoms with van der Waals surface area (Å²) in [6.45, 7) is 1.92. The number of aromatic nitrogens is 4. The van der Waals surface area contributed by atoms with Crippen LogP contribution < -0.4 is 26.2 Å². The molecule has 10 rings (SSSR count). The Morgan fingerprint density at radius 2 is 1.71 bits per heavy atom. The van der Waals surface area contributed by atoms with Crippen LogP contribution in [0.5, 0.6) is 0 Å². The van der Waals surface area contributed by atoms with E-state index in [0.29, 0.717) is 46.8 Å². The van der Waals surface area contributed by atoms with E-state index >= 15 is 13.2 Å². The third-order valence-corrected chi connectivity index (χ3v) is 12.9. The molecule has 7 heterocycles. The first-order valence-corrected chi connectivity index (χ1v) is 21.3. The molecule has 15 nitrogen and oxygen atoms in total. The average molecular weight is 884 g/mol. The number of imidazole rings is 1. The lowest BCUT2D eigenvalue weighted by Gasteiger charge is -2.57. The van der Waals surface area contributed by atoms with Crippen molar-refractivity contribution in [3.63, 3.8) is 0 Å². The van der Waals surface area contributed by atoms with Crippen molar-refractivity contribution in [2.24, 2.45) is 11.1 Å². The van der Waals surface area contributed by atoms with Crippen LogP contribution in [0.25, 0.3) is 16.9 Å². The molecule has 0 unspecified atom stereocenters. The van der Waals surface area contributed by atoms with Gasteiger partial charge >= 0.3 is 6.03 Å². The lowest BCUT2D eigenvalue weighted by atomic mass is 9.69. The zero-order chi connectivity index (χ0) is 44.4. The van der Waals surface area contributed by atoms with Gasteiger partial charge in [0, 0.05) is 81.8 Å². The minimum atomic E-state index is -3.21. The topological polar surface area (TPSA) is 174 Å². The van der Waals surface area contributed by atoms with E-state index in [-0.39, 0.29) is 73.2 Å². The maximum Gasteiger partial charge on any atom is 0.328 e. The van der Waals surface area contributed by atoms with Crippen LogP contribution in [-0.2, 0) is 17.8 Å². The standard InChI is InChI=1S/C41H39ClF3N11O4.C3H6/c1-22-12-24(14-30(34(22)42)55-10-7-33(57)50-39(55)60)38(59)53-11-8-40(41(44,45)21-53)19-52(20-40)18-23-13-27(43)35(48-16-23)26-4-3-5-29-25(26)6-9-54(29)32-15-28(47-2)37-49-17-31(36(46)58)56(37)51-32;1-2-3-1/h3-5,12-17,47H,6-11,18-21H2,1-2H3,(H2,46,58)(H,50,57,60);1-3H2. The first-order chi connectivity index (χ1) is 30.2. The molecule has 2 aromatic carbocycles. The molecule has 4 fully saturated rings. The number of nitrogens with two attached hydrogens (primary N) is 1. The first kappa shape index (κ1) is 42.1. The molecule has 63 heavy (non-hydrogen) atoms. The number of halogens is 4. The fraction of sp³-hybridized carbons (Fsp3) is 0.386. The summed E-state index contributed by atoms with van der Waals surface area (Å²) >= 11 is 6.49. The van der Waals surface area contributed by atoms with Crippen molar-refractivity contribution >= 4 is 63.9 Å². The predicted molar refractivity (Wildman–Crippen MR) is 230 cm³/mol. The Bertz CT molecular complexity index is 2700. The fourth-order valence-electron chi connectivity index (χ4n) is 8.90. The zero-order valence-electron chi connectivity index (χ0n) is 34.7. The number of nitrogens with one attached hydrogen (secondary N) is 2. The minimum absolute atomic E-state index is 0.0505. The Labute approximate surface area is 365 Å². The van der Waals surface area contributed by atoms with Gasteiger partial charge in [0.05, 0.1) is 34.6 Å². The van der Waals surface area contributed by atoms with Gasteiger partial charge in [-0.2, -0.15) is 0 Å². The van der Waals surface area contributed by atoms with Gasteiger partial charge in [-0.05, 0) is 60.7 Å². The average Bonchev–Trinajstić information content (AvgIpc) is 3.96. The number of urea groups is 1. The van der Waals surface area contributed by atoms with Crippen molar-refractivity contribution in [3.8, 4) is 11.3 Å². The molecule has 1 aliphatic carbocycles. The number of fused-ring (bicyclic) bond motifs is 2. The number of aryl methyl sites for hydroxylation is 1. The van der Waals surface area contributed by atoms with Crippen molar-refractivity contribution in [3.05, 3.63) is 93.6 Å². The summed E-state index contributed by atoms with van der Waals surface area (Å²) in [6, 6.07) is 11.0. The molecule has 0 radical (unpaired) electrons. The summed E-state index contributed by atoms with van der Waals surface area (Å²) in [5.74, 6) is -4.91. The second-order valence-electron chi connectivity index (χ2n) is 16.8. The molecule has 1 spiro atoms. The molecular formula is C44H45ClF3N11O4. The molecule has 328 valence electrons. The second-order valence-corrected chi connectivity index (χ2v) is 17.2. The molecule has 4 N–H and O–H groups in total. The molecule has 19 heteroatoms. The quantitative estimate of drug-likeness (QED) is 0.160. The molecule has 0 bridgehead atoms. The van der Waals surface area contributed by atoms with E-state index < -0.39 is 47.5 Å². The highest BCUT2D eigenvalue weighted by Gasteiger charge is 2.62. The first-order valence-electron chi connectivity index (χ1n) is 20.9. The number of alkyl halides is 2. The normalized spacial score (nSPS) is 18.7. The molecule has 5 amide bonds. The molecule has 5 aliphatic rings. The molecule has 4 aliphatic heterocycles. The highest BCUT2D eigenvalue weighted by atomic mass is 35.5. The van der Waals surface area contributed by atoms with Gasteiger partial charge in [0.15, 0.2) is 11.5 Å². The van der Waals surface area contributed by atoms with Crippen LogP contribution in [0, 0.1) is 18.2 Å². The summed E-state index contributed by atoms with van der Waals surface area (Å²) in [5, 5.41) is 10.2. The third kappa shape index (κ3) is 7.68. The van der Waals surface area contributed by atoms with Crippen molar-refractivity contribution < 1.29 is 32.3 Å². The van der Waals surface area contributed by atoms with Gasteiger partial charge in [0.2, 0.25) is 5.91 Å². The number of hydrogen-bond acceptors (Lipinski definition) is 10. The third-order valence-electron chi connectivity index (χ3n) is 12.4. The van der Waals surface area contributed by atoms with E-state index in [4.69, 9.17) is 17.3 Å². The predicted octanol–water partition coefficient (Wildman–Crippen LogP) is 6.33. The van der Waals surface area contributed by atoms with Crippen LogP contribution in [0.4, 0.5) is 40.8 Å². The number of imide groups is 1. The lowest BCUT2D eigenvalue weighted by molar-refractivity contribution is -0.220. The summed E-state index contributed by atoms with van der Waals surface area (Å²) < 4.78 is 49.3. The highest BCUT2D eigenvalue weighted by Crippen LogP contribution is 2.51. The minimum Gasteiger partial charge on any atom is -0.385 e. The fourth-order valence-corrected chi connectivity index (χ4v) is 9.12. The molecule has 5 aromatic rings. The number of nitrogens with zero attached hydrogens (tertiary/aromatic N) is 8. The molecular weight excluding hydrogens is 839 g/mol. The van der Waals surface area contributed by atoms with Crippen LogP contribution in [-0.4, -0.2) is 105 Å². The highest BCUT2D eigenvalue weighted by molar-refractivity contribution is 6.35. The Balaban J connectivity index is 0.00000161. The van der Waals surface area contributed by atoms with Crippen LogP contribution in [0.2, 0.25) is 5.02 Å². The second kappa shape index (κ2) is 16.1. The number of rotatable bonds is 8. The van der Waals surface area contributed by atoms with Crippen molar-refractivity contribution in [2.45, 2.75) is 57.9 Å². The molecule has 3 aromatic heterocycles. The summed E-state index contributed by atoms with van der Waals surface area (Å²) in [6.07, 6.45) is 8.13. The van der Waals surface area contributed by atoms with E-state index in [1.807, 2.05) is 34.1 Å². The van der Waals surface area contributed by atoms with Crippen LogP contribution >= 0.6 is 11.6 Å². The van der Waals surface area contributed by atoms with Crippen LogP contribution in [0.15, 0.2) is 54.9 Å². The van der Waals surface area contributed by atoms with Crippen molar-refractivity contribution in [1.29, 1.82) is 0 Å². The Morgan fingerprint density at radius 1 is 0.952 bits per heavy atom. The van der Waals surface area contributed by atoms with Gasteiger partial charge in [-0.3, -0.25) is 34.5 Å². The zero-order valence-corrected chi connectivity index (χ0v) is 35.4. The largest absolute Gasteiger partial charge is 0.385 e. The molecule has 0 atom stereocenters. The number of benzene rings is 2. The summed E-state index contributed by atoms with van der Waals surface area (Å²) in [5.41, 5.74) is 9.29. The number of pyridine rings is 1.